The first kappa shape index (κ1) is 18.9. The normalized spacial score (nSPS) is 14.2. The second-order valence-electron chi connectivity index (χ2n) is 6.71. The van der Waals surface area contributed by atoms with E-state index in [-0.39, 0.29) is 16.7 Å². The Morgan fingerprint density at radius 2 is 1.81 bits per heavy atom. The standard InChI is InChI=1S/C19H21BrN2O3S/c1-13(2)19(23)22-10-9-14-3-6-17(11-15(14)12-22)21-26(24,25)18-7-4-16(20)5-8-18/h3-8,11,13,21H,9-10,12H2,1-2H3. The Bertz CT molecular complexity index is 924. The lowest BCUT2D eigenvalue weighted by Crippen LogP contribution is -2.38. The first-order valence-electron chi connectivity index (χ1n) is 8.45. The highest BCUT2D eigenvalue weighted by atomic mass is 79.9. The van der Waals surface area contributed by atoms with Crippen LogP contribution in [0.25, 0.3) is 0 Å². The third kappa shape index (κ3) is 4.10. The van der Waals surface area contributed by atoms with Gasteiger partial charge in [0.1, 0.15) is 0 Å². The number of carbonyl (C=O) groups is 1. The molecule has 1 N–H and O–H groups in total. The van der Waals surface area contributed by atoms with E-state index in [1.807, 2.05) is 30.9 Å². The fourth-order valence-electron chi connectivity index (χ4n) is 3.00. The van der Waals surface area contributed by atoms with Crippen LogP contribution >= 0.6 is 15.9 Å². The molecule has 0 radical (unpaired) electrons. The number of sulfonamides is 1. The quantitative estimate of drug-likeness (QED) is 0.792. The number of benzene rings is 2. The van der Waals surface area contributed by atoms with Crippen molar-refractivity contribution in [3.8, 4) is 0 Å². The highest BCUT2D eigenvalue weighted by Gasteiger charge is 2.23. The van der Waals surface area contributed by atoms with Crippen LogP contribution in [0.3, 0.4) is 0 Å². The number of carbonyl (C=O) groups excluding carboxylic acids is 1. The monoisotopic (exact) mass is 436 g/mol. The van der Waals surface area contributed by atoms with Crippen LogP contribution in [0.2, 0.25) is 0 Å². The Kier molecular flexibility index (Phi) is 5.39. The van der Waals surface area contributed by atoms with Crippen LogP contribution in [0.5, 0.6) is 0 Å². The molecule has 0 aromatic heterocycles. The van der Waals surface area contributed by atoms with Crippen molar-refractivity contribution in [2.75, 3.05) is 11.3 Å². The topological polar surface area (TPSA) is 66.5 Å². The van der Waals surface area contributed by atoms with Gasteiger partial charge in [-0.05, 0) is 53.9 Å². The Morgan fingerprint density at radius 3 is 2.46 bits per heavy atom. The molecule has 1 aliphatic rings. The van der Waals surface area contributed by atoms with Crippen molar-refractivity contribution in [3.63, 3.8) is 0 Å². The van der Waals surface area contributed by atoms with E-state index in [2.05, 4.69) is 20.7 Å². The molecule has 2 aromatic rings. The van der Waals surface area contributed by atoms with E-state index in [0.29, 0.717) is 18.8 Å². The molecule has 0 saturated carbocycles. The molecule has 0 spiro atoms. The summed E-state index contributed by atoms with van der Waals surface area (Å²) >= 11 is 3.30. The molecule has 1 heterocycles. The number of nitrogens with zero attached hydrogens (tertiary/aromatic N) is 1. The van der Waals surface area contributed by atoms with E-state index in [1.165, 1.54) is 0 Å². The van der Waals surface area contributed by atoms with Crippen molar-refractivity contribution in [1.29, 1.82) is 0 Å². The number of anilines is 1. The predicted molar refractivity (Wildman–Crippen MR) is 105 cm³/mol. The van der Waals surface area contributed by atoms with Gasteiger partial charge < -0.3 is 4.90 Å². The minimum atomic E-state index is -3.65. The first-order chi connectivity index (χ1) is 12.3. The number of hydrogen-bond donors (Lipinski definition) is 1. The van der Waals surface area contributed by atoms with Crippen molar-refractivity contribution < 1.29 is 13.2 Å². The average Bonchev–Trinajstić information content (AvgIpc) is 2.60. The van der Waals surface area contributed by atoms with Gasteiger partial charge in [-0.3, -0.25) is 9.52 Å². The van der Waals surface area contributed by atoms with Crippen molar-refractivity contribution in [2.45, 2.75) is 31.7 Å². The molecule has 0 unspecified atom stereocenters. The molecule has 1 aliphatic heterocycles. The summed E-state index contributed by atoms with van der Waals surface area (Å²) in [5.41, 5.74) is 2.65. The van der Waals surface area contributed by atoms with Gasteiger partial charge in [0.2, 0.25) is 5.91 Å². The number of rotatable bonds is 4. The summed E-state index contributed by atoms with van der Waals surface area (Å²) in [5, 5.41) is 0. The zero-order valence-corrected chi connectivity index (χ0v) is 17.1. The van der Waals surface area contributed by atoms with Crippen molar-refractivity contribution in [3.05, 3.63) is 58.1 Å². The molecule has 1 amide bonds. The zero-order chi connectivity index (χ0) is 18.9. The third-order valence-electron chi connectivity index (χ3n) is 4.40. The molecular weight excluding hydrogens is 416 g/mol. The SMILES string of the molecule is CC(C)C(=O)N1CCc2ccc(NS(=O)(=O)c3ccc(Br)cc3)cc2C1. The largest absolute Gasteiger partial charge is 0.338 e. The van der Waals surface area contributed by atoms with Gasteiger partial charge in [-0.2, -0.15) is 0 Å². The van der Waals surface area contributed by atoms with Crippen LogP contribution < -0.4 is 4.72 Å². The summed E-state index contributed by atoms with van der Waals surface area (Å²) in [5.74, 6) is 0.0761. The van der Waals surface area contributed by atoms with Gasteiger partial charge in [0.05, 0.1) is 4.90 Å². The van der Waals surface area contributed by atoms with Crippen LogP contribution in [-0.2, 0) is 27.8 Å². The highest BCUT2D eigenvalue weighted by Crippen LogP contribution is 2.25. The molecule has 0 fully saturated rings. The smallest absolute Gasteiger partial charge is 0.261 e. The van der Waals surface area contributed by atoms with Gasteiger partial charge >= 0.3 is 0 Å². The minimum absolute atomic E-state index is 0.0457. The fraction of sp³-hybridized carbons (Fsp3) is 0.316. The molecule has 0 aliphatic carbocycles. The third-order valence-corrected chi connectivity index (χ3v) is 6.33. The average molecular weight is 437 g/mol. The molecule has 2 aromatic carbocycles. The van der Waals surface area contributed by atoms with Gasteiger partial charge in [-0.1, -0.05) is 35.8 Å². The van der Waals surface area contributed by atoms with Gasteiger partial charge in [-0.15, -0.1) is 0 Å². The second-order valence-corrected chi connectivity index (χ2v) is 9.31. The molecule has 26 heavy (non-hydrogen) atoms. The molecule has 0 atom stereocenters. The minimum Gasteiger partial charge on any atom is -0.338 e. The maximum absolute atomic E-state index is 12.6. The molecule has 5 nitrogen and oxygen atoms in total. The summed E-state index contributed by atoms with van der Waals surface area (Å²) < 4.78 is 28.5. The van der Waals surface area contributed by atoms with Gasteiger partial charge in [0, 0.05) is 29.2 Å². The van der Waals surface area contributed by atoms with Crippen LogP contribution in [-0.4, -0.2) is 25.8 Å². The summed E-state index contributed by atoms with van der Waals surface area (Å²) in [6.45, 7) is 5.00. The maximum atomic E-state index is 12.6. The number of amides is 1. The lowest BCUT2D eigenvalue weighted by Gasteiger charge is -2.30. The Labute approximate surface area is 162 Å². The van der Waals surface area contributed by atoms with Crippen molar-refractivity contribution in [2.24, 2.45) is 5.92 Å². The first-order valence-corrected chi connectivity index (χ1v) is 10.7. The molecule has 7 heteroatoms. The van der Waals surface area contributed by atoms with Crippen molar-refractivity contribution in [1.82, 2.24) is 4.90 Å². The van der Waals surface area contributed by atoms with Crippen molar-refractivity contribution >= 4 is 37.5 Å². The molecule has 0 saturated heterocycles. The summed E-state index contributed by atoms with van der Waals surface area (Å²) in [6.07, 6.45) is 0.785. The van der Waals surface area contributed by atoms with Gasteiger partial charge in [0.25, 0.3) is 10.0 Å². The Morgan fingerprint density at radius 1 is 1.12 bits per heavy atom. The maximum Gasteiger partial charge on any atom is 0.261 e. The van der Waals surface area contributed by atoms with Crippen LogP contribution in [0.4, 0.5) is 5.69 Å². The summed E-state index contributed by atoms with van der Waals surface area (Å²) in [4.78, 5) is 14.3. The summed E-state index contributed by atoms with van der Waals surface area (Å²) in [7, 11) is -3.65. The molecule has 138 valence electrons. The van der Waals surface area contributed by atoms with Crippen LogP contribution in [0.15, 0.2) is 51.8 Å². The predicted octanol–water partition coefficient (Wildman–Crippen LogP) is 3.79. The van der Waals surface area contributed by atoms with E-state index in [1.54, 1.807) is 30.3 Å². The van der Waals surface area contributed by atoms with Gasteiger partial charge in [-0.25, -0.2) is 8.42 Å². The van der Waals surface area contributed by atoms with Crippen LogP contribution in [0.1, 0.15) is 25.0 Å². The lowest BCUT2D eigenvalue weighted by molar-refractivity contribution is -0.135. The Balaban J connectivity index is 1.82. The van der Waals surface area contributed by atoms with E-state index in [0.717, 1.165) is 22.0 Å². The zero-order valence-electron chi connectivity index (χ0n) is 14.7. The van der Waals surface area contributed by atoms with E-state index < -0.39 is 10.0 Å². The number of fused-ring (bicyclic) bond motifs is 1. The molecule has 0 bridgehead atoms. The van der Waals surface area contributed by atoms with E-state index in [9.17, 15) is 13.2 Å². The Hall–Kier alpha value is -1.86. The van der Waals surface area contributed by atoms with E-state index in [4.69, 9.17) is 0 Å². The molecular formula is C19H21BrN2O3S. The number of hydrogen-bond acceptors (Lipinski definition) is 3. The van der Waals surface area contributed by atoms with Gasteiger partial charge in [0.15, 0.2) is 0 Å². The summed E-state index contributed by atoms with van der Waals surface area (Å²) in [6, 6.07) is 12.0. The molecule has 3 rings (SSSR count). The fourth-order valence-corrected chi connectivity index (χ4v) is 4.32. The number of halogens is 1. The second kappa shape index (κ2) is 7.40. The van der Waals surface area contributed by atoms with E-state index >= 15 is 0 Å². The lowest BCUT2D eigenvalue weighted by atomic mass is 9.98. The highest BCUT2D eigenvalue weighted by molar-refractivity contribution is 9.10. The van der Waals surface area contributed by atoms with Crippen LogP contribution in [0, 0.1) is 5.92 Å². The number of nitrogens with one attached hydrogen (secondary N) is 1.